The quantitative estimate of drug-likeness (QED) is 0.765. The zero-order chi connectivity index (χ0) is 12.1. The molecule has 0 aromatic carbocycles. The van der Waals surface area contributed by atoms with Gasteiger partial charge in [0, 0.05) is 0 Å². The smallest absolute Gasteiger partial charge is 0.322 e. The van der Waals surface area contributed by atoms with Crippen molar-refractivity contribution < 1.29 is 14.2 Å². The molecule has 1 aromatic heterocycles. The van der Waals surface area contributed by atoms with E-state index in [1.165, 1.54) is 7.11 Å². The Balaban J connectivity index is 3.20. The molecular weight excluding hydrogens is 208 g/mol. The molecule has 0 N–H and O–H groups in total. The second kappa shape index (κ2) is 5.53. The van der Waals surface area contributed by atoms with Crippen LogP contribution in [0.15, 0.2) is 0 Å². The Bertz CT molecular complexity index is 328. The molecule has 1 heterocycles. The molecule has 0 aliphatic heterocycles. The molecule has 0 bridgehead atoms. The highest BCUT2D eigenvalue weighted by Crippen LogP contribution is 2.29. The molecule has 90 valence electrons. The lowest BCUT2D eigenvalue weighted by Gasteiger charge is -2.13. The van der Waals surface area contributed by atoms with Gasteiger partial charge in [-0.25, -0.2) is 0 Å². The van der Waals surface area contributed by atoms with Crippen LogP contribution in [0.1, 0.15) is 19.4 Å². The number of ether oxygens (including phenoxy) is 3. The third-order valence-electron chi connectivity index (χ3n) is 2.09. The lowest BCUT2D eigenvalue weighted by atomic mass is 10.1. The van der Waals surface area contributed by atoms with Gasteiger partial charge in [-0.1, -0.05) is 13.8 Å². The van der Waals surface area contributed by atoms with E-state index < -0.39 is 0 Å². The number of rotatable bonds is 5. The maximum atomic E-state index is 5.22. The average Bonchev–Trinajstić information content (AvgIpc) is 2.28. The number of nitrogens with zero attached hydrogens (tertiary/aromatic N) is 2. The van der Waals surface area contributed by atoms with Crippen molar-refractivity contribution >= 4 is 0 Å². The van der Waals surface area contributed by atoms with Gasteiger partial charge in [-0.2, -0.15) is 9.97 Å². The second-order valence-electron chi connectivity index (χ2n) is 3.81. The minimum atomic E-state index is 0.251. The lowest BCUT2D eigenvalue weighted by Crippen LogP contribution is -2.06. The molecule has 0 aliphatic rings. The lowest BCUT2D eigenvalue weighted by molar-refractivity contribution is 0.321. The Morgan fingerprint density at radius 2 is 1.44 bits per heavy atom. The predicted molar refractivity (Wildman–Crippen MR) is 60.2 cm³/mol. The third-order valence-corrected chi connectivity index (χ3v) is 2.09. The summed E-state index contributed by atoms with van der Waals surface area (Å²) >= 11 is 0. The molecule has 0 fully saturated rings. The largest absolute Gasteiger partial charge is 0.481 e. The van der Waals surface area contributed by atoms with Crippen molar-refractivity contribution in [2.45, 2.75) is 20.3 Å². The van der Waals surface area contributed by atoms with Crippen molar-refractivity contribution in [1.82, 2.24) is 9.97 Å². The number of methoxy groups -OCH3 is 3. The van der Waals surface area contributed by atoms with Crippen molar-refractivity contribution in [1.29, 1.82) is 0 Å². The van der Waals surface area contributed by atoms with Crippen LogP contribution in [0.5, 0.6) is 17.8 Å². The molecule has 0 saturated carbocycles. The first kappa shape index (κ1) is 12.5. The van der Waals surface area contributed by atoms with Crippen LogP contribution in [-0.2, 0) is 6.42 Å². The van der Waals surface area contributed by atoms with Gasteiger partial charge < -0.3 is 14.2 Å². The van der Waals surface area contributed by atoms with E-state index in [-0.39, 0.29) is 6.01 Å². The van der Waals surface area contributed by atoms with Crippen molar-refractivity contribution in [3.63, 3.8) is 0 Å². The minimum absolute atomic E-state index is 0.251. The molecule has 0 aliphatic carbocycles. The molecule has 1 rings (SSSR count). The van der Waals surface area contributed by atoms with Gasteiger partial charge in [0.1, 0.15) is 0 Å². The molecule has 0 amide bonds. The van der Waals surface area contributed by atoms with Crippen LogP contribution in [-0.4, -0.2) is 31.3 Å². The highest BCUT2D eigenvalue weighted by Gasteiger charge is 2.17. The number of hydrogen-bond acceptors (Lipinski definition) is 5. The third kappa shape index (κ3) is 2.74. The highest BCUT2D eigenvalue weighted by atomic mass is 16.5. The summed E-state index contributed by atoms with van der Waals surface area (Å²) in [5.74, 6) is 1.49. The van der Waals surface area contributed by atoms with Crippen molar-refractivity contribution in [2.24, 2.45) is 5.92 Å². The molecule has 1 aromatic rings. The van der Waals surface area contributed by atoms with Crippen molar-refractivity contribution in [3.05, 3.63) is 5.56 Å². The first-order chi connectivity index (χ1) is 7.62. The summed E-state index contributed by atoms with van der Waals surface area (Å²) in [5.41, 5.74) is 0.876. The normalized spacial score (nSPS) is 10.4. The van der Waals surface area contributed by atoms with Crippen LogP contribution in [0.3, 0.4) is 0 Å². The van der Waals surface area contributed by atoms with Crippen molar-refractivity contribution in [3.8, 4) is 17.8 Å². The average molecular weight is 226 g/mol. The Labute approximate surface area is 95.8 Å². The maximum Gasteiger partial charge on any atom is 0.322 e. The van der Waals surface area contributed by atoms with Gasteiger partial charge in [-0.15, -0.1) is 0 Å². The molecule has 16 heavy (non-hydrogen) atoms. The first-order valence-electron chi connectivity index (χ1n) is 5.15. The van der Waals surface area contributed by atoms with E-state index in [1.54, 1.807) is 14.2 Å². The summed E-state index contributed by atoms with van der Waals surface area (Å²) in [4.78, 5) is 8.27. The van der Waals surface area contributed by atoms with E-state index in [0.29, 0.717) is 17.7 Å². The standard InChI is InChI=1S/C11H18N2O3/c1-7(2)6-8-9(14-3)12-11(16-5)13-10(8)15-4/h7H,6H2,1-5H3. The SMILES string of the molecule is COc1nc(OC)c(CC(C)C)c(OC)n1. The van der Waals surface area contributed by atoms with Gasteiger partial charge >= 0.3 is 6.01 Å². The van der Waals surface area contributed by atoms with E-state index in [2.05, 4.69) is 23.8 Å². The summed E-state index contributed by atoms with van der Waals surface area (Å²) < 4.78 is 15.4. The Morgan fingerprint density at radius 3 is 1.75 bits per heavy atom. The van der Waals surface area contributed by atoms with Crippen LogP contribution in [0.2, 0.25) is 0 Å². The van der Waals surface area contributed by atoms with Gasteiger partial charge in [0.05, 0.1) is 26.9 Å². The Kier molecular flexibility index (Phi) is 4.34. The molecule has 5 nitrogen and oxygen atoms in total. The fourth-order valence-corrected chi connectivity index (χ4v) is 1.44. The topological polar surface area (TPSA) is 53.5 Å². The maximum absolute atomic E-state index is 5.22. The second-order valence-corrected chi connectivity index (χ2v) is 3.81. The monoisotopic (exact) mass is 226 g/mol. The van der Waals surface area contributed by atoms with Gasteiger partial charge in [0.15, 0.2) is 0 Å². The fraction of sp³-hybridized carbons (Fsp3) is 0.636. The van der Waals surface area contributed by atoms with E-state index >= 15 is 0 Å². The summed E-state index contributed by atoms with van der Waals surface area (Å²) in [6.45, 7) is 4.23. The predicted octanol–water partition coefficient (Wildman–Crippen LogP) is 1.70. The summed E-state index contributed by atoms with van der Waals surface area (Å²) in [5, 5.41) is 0. The molecule has 5 heteroatoms. The van der Waals surface area contributed by atoms with Crippen LogP contribution < -0.4 is 14.2 Å². The van der Waals surface area contributed by atoms with Crippen LogP contribution in [0.25, 0.3) is 0 Å². The van der Waals surface area contributed by atoms with E-state index in [4.69, 9.17) is 14.2 Å². The summed E-state index contributed by atoms with van der Waals surface area (Å²) in [7, 11) is 4.66. The van der Waals surface area contributed by atoms with Crippen LogP contribution >= 0.6 is 0 Å². The molecule has 0 unspecified atom stereocenters. The van der Waals surface area contributed by atoms with Gasteiger partial charge in [0.2, 0.25) is 11.8 Å². The minimum Gasteiger partial charge on any atom is -0.481 e. The molecule has 0 saturated heterocycles. The van der Waals surface area contributed by atoms with Gasteiger partial charge in [-0.3, -0.25) is 0 Å². The zero-order valence-electron chi connectivity index (χ0n) is 10.4. The summed E-state index contributed by atoms with van der Waals surface area (Å²) in [6, 6.07) is 0.251. The molecule has 0 atom stereocenters. The van der Waals surface area contributed by atoms with E-state index in [9.17, 15) is 0 Å². The van der Waals surface area contributed by atoms with Crippen LogP contribution in [0.4, 0.5) is 0 Å². The number of hydrogen-bond donors (Lipinski definition) is 0. The highest BCUT2D eigenvalue weighted by molar-refractivity contribution is 5.37. The van der Waals surface area contributed by atoms with E-state index in [1.807, 2.05) is 0 Å². The Morgan fingerprint density at radius 1 is 0.938 bits per heavy atom. The van der Waals surface area contributed by atoms with Gasteiger partial charge in [-0.05, 0) is 12.3 Å². The van der Waals surface area contributed by atoms with Crippen molar-refractivity contribution in [2.75, 3.05) is 21.3 Å². The molecule has 0 radical (unpaired) electrons. The fourth-order valence-electron chi connectivity index (χ4n) is 1.44. The number of aromatic nitrogens is 2. The summed E-state index contributed by atoms with van der Waals surface area (Å²) in [6.07, 6.45) is 0.802. The Hall–Kier alpha value is -1.52. The van der Waals surface area contributed by atoms with E-state index in [0.717, 1.165) is 12.0 Å². The molecule has 0 spiro atoms. The van der Waals surface area contributed by atoms with Crippen LogP contribution in [0, 0.1) is 5.92 Å². The van der Waals surface area contributed by atoms with Gasteiger partial charge in [0.25, 0.3) is 0 Å². The first-order valence-corrected chi connectivity index (χ1v) is 5.15. The zero-order valence-corrected chi connectivity index (χ0v) is 10.4. The molecular formula is C11H18N2O3.